The molecule has 112 valence electrons. The summed E-state index contributed by atoms with van der Waals surface area (Å²) in [6.07, 6.45) is 0. The van der Waals surface area contributed by atoms with Crippen molar-refractivity contribution >= 4 is 34.3 Å². The van der Waals surface area contributed by atoms with E-state index in [1.165, 1.54) is 11.3 Å². The zero-order chi connectivity index (χ0) is 15.5. The average molecular weight is 329 g/mol. The molecule has 0 fully saturated rings. The van der Waals surface area contributed by atoms with E-state index < -0.39 is 0 Å². The molecule has 4 nitrogen and oxygen atoms in total. The third-order valence-electron chi connectivity index (χ3n) is 3.15. The SMILES string of the molecule is Cc1nc(-c2cccs2)sc1C(=O)NN(C)c1ccccc1. The van der Waals surface area contributed by atoms with E-state index in [1.807, 2.05) is 61.8 Å². The highest BCUT2D eigenvalue weighted by Crippen LogP contribution is 2.31. The fraction of sp³-hybridized carbons (Fsp3) is 0.125. The molecule has 22 heavy (non-hydrogen) atoms. The first-order valence-corrected chi connectivity index (χ1v) is 8.46. The lowest BCUT2D eigenvalue weighted by Gasteiger charge is -2.19. The van der Waals surface area contributed by atoms with Crippen LogP contribution >= 0.6 is 22.7 Å². The maximum Gasteiger partial charge on any atom is 0.281 e. The Morgan fingerprint density at radius 2 is 1.95 bits per heavy atom. The van der Waals surface area contributed by atoms with E-state index in [0.29, 0.717) is 4.88 Å². The second kappa shape index (κ2) is 6.29. The van der Waals surface area contributed by atoms with Gasteiger partial charge in [-0.3, -0.25) is 15.2 Å². The lowest BCUT2D eigenvalue weighted by molar-refractivity contribution is 0.0954. The molecule has 6 heteroatoms. The first kappa shape index (κ1) is 14.7. The Morgan fingerprint density at radius 3 is 2.64 bits per heavy atom. The number of amides is 1. The van der Waals surface area contributed by atoms with Crippen molar-refractivity contribution in [1.29, 1.82) is 0 Å². The minimum atomic E-state index is -0.135. The van der Waals surface area contributed by atoms with Crippen LogP contribution in [0.3, 0.4) is 0 Å². The standard InChI is InChI=1S/C16H15N3OS2/c1-11-14(22-16(17-11)13-9-6-10-21-13)15(20)18-19(2)12-7-4-3-5-8-12/h3-10H,1-2H3,(H,18,20). The van der Waals surface area contributed by atoms with Crippen LogP contribution in [0.2, 0.25) is 0 Å². The Labute approximate surface area is 137 Å². The molecule has 3 rings (SSSR count). The van der Waals surface area contributed by atoms with Crippen LogP contribution in [-0.4, -0.2) is 17.9 Å². The molecule has 0 saturated heterocycles. The van der Waals surface area contributed by atoms with Crippen molar-refractivity contribution in [2.75, 3.05) is 12.1 Å². The molecule has 1 N–H and O–H groups in total. The van der Waals surface area contributed by atoms with Crippen molar-refractivity contribution in [3.8, 4) is 9.88 Å². The molecule has 1 amide bonds. The number of para-hydroxylation sites is 1. The third-order valence-corrected chi connectivity index (χ3v) is 5.34. The Bertz CT molecular complexity index is 766. The summed E-state index contributed by atoms with van der Waals surface area (Å²) in [6.45, 7) is 1.87. The van der Waals surface area contributed by atoms with E-state index in [1.54, 1.807) is 16.3 Å². The molecule has 0 aliphatic carbocycles. The van der Waals surface area contributed by atoms with E-state index in [4.69, 9.17) is 0 Å². The summed E-state index contributed by atoms with van der Waals surface area (Å²) in [5.74, 6) is -0.135. The fourth-order valence-electron chi connectivity index (χ4n) is 2.03. The van der Waals surface area contributed by atoms with Gasteiger partial charge in [-0.25, -0.2) is 4.98 Å². The molecule has 0 aliphatic rings. The number of carbonyl (C=O) groups is 1. The Kier molecular flexibility index (Phi) is 4.22. The smallest absolute Gasteiger partial charge is 0.281 e. The average Bonchev–Trinajstić information content (AvgIpc) is 3.17. The topological polar surface area (TPSA) is 45.2 Å². The first-order chi connectivity index (χ1) is 10.6. The predicted octanol–water partition coefficient (Wildman–Crippen LogP) is 3.96. The predicted molar refractivity (Wildman–Crippen MR) is 92.5 cm³/mol. The summed E-state index contributed by atoms with van der Waals surface area (Å²) in [4.78, 5) is 18.7. The normalized spacial score (nSPS) is 10.5. The van der Waals surface area contributed by atoms with E-state index in [2.05, 4.69) is 10.4 Å². The molecule has 0 atom stereocenters. The van der Waals surface area contributed by atoms with Crippen LogP contribution in [0.5, 0.6) is 0 Å². The zero-order valence-electron chi connectivity index (χ0n) is 12.2. The van der Waals surface area contributed by atoms with Crippen LogP contribution in [0.25, 0.3) is 9.88 Å². The monoisotopic (exact) mass is 329 g/mol. The molecular formula is C16H15N3OS2. The van der Waals surface area contributed by atoms with E-state index >= 15 is 0 Å². The summed E-state index contributed by atoms with van der Waals surface area (Å²) in [7, 11) is 1.82. The van der Waals surface area contributed by atoms with Crippen molar-refractivity contribution in [1.82, 2.24) is 10.4 Å². The third kappa shape index (κ3) is 3.03. The van der Waals surface area contributed by atoms with E-state index in [0.717, 1.165) is 21.3 Å². The number of hydrogen-bond acceptors (Lipinski definition) is 5. The van der Waals surface area contributed by atoms with Gasteiger partial charge in [0.2, 0.25) is 0 Å². The molecule has 1 aromatic carbocycles. The Hall–Kier alpha value is -2.18. The Balaban J connectivity index is 1.78. The first-order valence-electron chi connectivity index (χ1n) is 6.76. The van der Waals surface area contributed by atoms with Crippen molar-refractivity contribution in [3.63, 3.8) is 0 Å². The van der Waals surface area contributed by atoms with Crippen LogP contribution in [0, 0.1) is 6.92 Å². The number of nitrogens with zero attached hydrogens (tertiary/aromatic N) is 2. The van der Waals surface area contributed by atoms with E-state index in [9.17, 15) is 4.79 Å². The summed E-state index contributed by atoms with van der Waals surface area (Å²) < 4.78 is 0. The summed E-state index contributed by atoms with van der Waals surface area (Å²) in [5, 5.41) is 4.61. The molecule has 0 radical (unpaired) electrons. The van der Waals surface area contributed by atoms with Crippen LogP contribution < -0.4 is 10.4 Å². The Morgan fingerprint density at radius 1 is 1.18 bits per heavy atom. The minimum Gasteiger partial charge on any atom is -0.288 e. The number of nitrogens with one attached hydrogen (secondary N) is 1. The second-order valence-corrected chi connectivity index (χ2v) is 6.69. The van der Waals surface area contributed by atoms with Gasteiger partial charge in [0.1, 0.15) is 9.88 Å². The number of thiophene rings is 1. The lowest BCUT2D eigenvalue weighted by atomic mass is 10.3. The quantitative estimate of drug-likeness (QED) is 0.737. The number of aromatic nitrogens is 1. The zero-order valence-corrected chi connectivity index (χ0v) is 13.9. The van der Waals surface area contributed by atoms with E-state index in [-0.39, 0.29) is 5.91 Å². The summed E-state index contributed by atoms with van der Waals surface area (Å²) in [5.41, 5.74) is 4.56. The van der Waals surface area contributed by atoms with Gasteiger partial charge >= 0.3 is 0 Å². The molecule has 0 spiro atoms. The van der Waals surface area contributed by atoms with Gasteiger partial charge in [-0.2, -0.15) is 0 Å². The fourth-order valence-corrected chi connectivity index (χ4v) is 3.78. The van der Waals surface area contributed by atoms with Gasteiger partial charge in [0, 0.05) is 7.05 Å². The number of hydrogen-bond donors (Lipinski definition) is 1. The number of hydrazine groups is 1. The molecule has 0 bridgehead atoms. The van der Waals surface area contributed by atoms with Crippen molar-refractivity contribution in [2.24, 2.45) is 0 Å². The molecule has 2 aromatic heterocycles. The minimum absolute atomic E-state index is 0.135. The van der Waals surface area contributed by atoms with Crippen molar-refractivity contribution in [3.05, 3.63) is 58.4 Å². The number of aryl methyl sites for hydroxylation is 1. The van der Waals surface area contributed by atoms with Gasteiger partial charge in [-0.1, -0.05) is 24.3 Å². The number of carbonyl (C=O) groups excluding carboxylic acids is 1. The van der Waals surface area contributed by atoms with Gasteiger partial charge in [-0.05, 0) is 30.5 Å². The second-order valence-electron chi connectivity index (χ2n) is 4.75. The van der Waals surface area contributed by atoms with Crippen LogP contribution in [0.4, 0.5) is 5.69 Å². The molecule has 2 heterocycles. The number of rotatable bonds is 4. The molecule has 0 unspecified atom stereocenters. The highest BCUT2D eigenvalue weighted by molar-refractivity contribution is 7.22. The lowest BCUT2D eigenvalue weighted by Crippen LogP contribution is -2.39. The van der Waals surface area contributed by atoms with Gasteiger partial charge in [0.15, 0.2) is 0 Å². The van der Waals surface area contributed by atoms with Crippen molar-refractivity contribution < 1.29 is 4.79 Å². The summed E-state index contributed by atoms with van der Waals surface area (Å²) >= 11 is 3.05. The largest absolute Gasteiger partial charge is 0.288 e. The van der Waals surface area contributed by atoms with Gasteiger partial charge in [0.25, 0.3) is 5.91 Å². The van der Waals surface area contributed by atoms with Crippen LogP contribution in [0.1, 0.15) is 15.4 Å². The number of anilines is 1. The maximum absolute atomic E-state index is 12.5. The number of benzene rings is 1. The van der Waals surface area contributed by atoms with Crippen molar-refractivity contribution in [2.45, 2.75) is 6.92 Å². The van der Waals surface area contributed by atoms with Crippen LogP contribution in [-0.2, 0) is 0 Å². The summed E-state index contributed by atoms with van der Waals surface area (Å²) in [6, 6.07) is 13.7. The molecule has 0 aliphatic heterocycles. The van der Waals surface area contributed by atoms with Gasteiger partial charge < -0.3 is 0 Å². The van der Waals surface area contributed by atoms with Gasteiger partial charge in [0.05, 0.1) is 16.3 Å². The molecular weight excluding hydrogens is 314 g/mol. The maximum atomic E-state index is 12.5. The van der Waals surface area contributed by atoms with Crippen LogP contribution in [0.15, 0.2) is 47.8 Å². The van der Waals surface area contributed by atoms with Gasteiger partial charge in [-0.15, -0.1) is 22.7 Å². The highest BCUT2D eigenvalue weighted by Gasteiger charge is 2.17. The molecule has 0 saturated carbocycles. The molecule has 3 aromatic rings. The number of thiazole rings is 1. The highest BCUT2D eigenvalue weighted by atomic mass is 32.1.